The minimum Gasteiger partial charge on any atom is -0.0533 e. The van der Waals surface area contributed by atoms with Gasteiger partial charge in [0.15, 0.2) is 0 Å². The number of amides is 1. The molecule has 1 aliphatic rings. The van der Waals surface area contributed by atoms with E-state index >= 15 is 0 Å². The van der Waals surface area contributed by atoms with E-state index in [1.54, 1.807) is 11.8 Å². The molecule has 8 heteroatoms. The van der Waals surface area contributed by atoms with Gasteiger partial charge in [-0.15, -0.1) is 11.8 Å². The quantitative estimate of drug-likeness (QED) is 0.307. The van der Waals surface area contributed by atoms with Crippen LogP contribution in [0, 0.1) is 0 Å². The van der Waals surface area contributed by atoms with Crippen molar-refractivity contribution in [1.82, 2.24) is 0 Å². The van der Waals surface area contributed by atoms with Gasteiger partial charge in [-0.05, 0) is 29.5 Å². The van der Waals surface area contributed by atoms with E-state index in [0.717, 1.165) is 51.7 Å². The fraction of sp³-hybridized carbons (Fsp3) is 0.0800. The Kier molecular flexibility index (Phi) is 9.41. The molecule has 0 aromatic heterocycles. The number of nitrogens with one attached hydrogen (secondary N) is 1. The van der Waals surface area contributed by atoms with E-state index in [2.05, 4.69) is 65.1 Å². The van der Waals surface area contributed by atoms with Crippen LogP contribution in [0.25, 0.3) is 17.2 Å². The summed E-state index contributed by atoms with van der Waals surface area (Å²) in [7, 11) is 0. The summed E-state index contributed by atoms with van der Waals surface area (Å²) in [5, 5.41) is 11.3. The summed E-state index contributed by atoms with van der Waals surface area (Å²) >= 11 is 4.14. The van der Waals surface area contributed by atoms with Crippen LogP contribution in [0.15, 0.2) is 87.6 Å². The first-order valence-electron chi connectivity index (χ1n) is 10.1. The third kappa shape index (κ3) is 7.91. The first kappa shape index (κ1) is 25.3. The van der Waals surface area contributed by atoms with Crippen molar-refractivity contribution >= 4 is 83.1 Å². The number of nitrogens with zero attached hydrogens (tertiary/aromatic N) is 1. The summed E-state index contributed by atoms with van der Waals surface area (Å²) in [6.07, 6.45) is 3.97. The minimum atomic E-state index is -0.833. The monoisotopic (exact) mass is 484 g/mol. The Hall–Kier alpha value is -2.29. The van der Waals surface area contributed by atoms with Crippen LogP contribution in [-0.4, -0.2) is 56.3 Å². The van der Waals surface area contributed by atoms with Crippen molar-refractivity contribution in [2.75, 3.05) is 11.6 Å². The maximum absolute atomic E-state index is 12.3. The molecule has 1 amide bonds. The van der Waals surface area contributed by atoms with E-state index in [1.165, 1.54) is 25.0 Å². The maximum atomic E-state index is 12.3. The molecule has 0 unspecified atom stereocenters. The summed E-state index contributed by atoms with van der Waals surface area (Å²) in [5.41, 5.74) is 4.28. The molecule has 0 radical (unpaired) electrons. The molecule has 0 fully saturated rings. The number of hydrogen-bond acceptors (Lipinski definition) is 5. The normalized spacial score (nSPS) is 13.9. The van der Waals surface area contributed by atoms with Crippen LogP contribution < -0.4 is 8.13 Å². The number of hydrogen-bond donors (Lipinski definition) is 2. The predicted octanol–water partition coefficient (Wildman–Crippen LogP) is 5.04. The Morgan fingerprint density at radius 2 is 1.55 bits per heavy atom. The van der Waals surface area contributed by atoms with Crippen molar-refractivity contribution in [3.8, 4) is 11.1 Å². The summed E-state index contributed by atoms with van der Waals surface area (Å²) in [4.78, 5) is 27.3. The van der Waals surface area contributed by atoms with Gasteiger partial charge in [0, 0.05) is 11.8 Å². The molecule has 0 bridgehead atoms. The Balaban J connectivity index is 0.000000709. The molecule has 0 aliphatic carbocycles. The molecule has 5 nitrogen and oxygen atoms in total. The van der Waals surface area contributed by atoms with Gasteiger partial charge in [0.05, 0.1) is 0 Å². The van der Waals surface area contributed by atoms with Crippen molar-refractivity contribution < 1.29 is 14.7 Å². The number of carboxylic acids is 1. The fourth-order valence-electron chi connectivity index (χ4n) is 2.93. The smallest absolute Gasteiger partial charge is 0.0533 e. The number of aliphatic carboxylic acids is 1. The summed E-state index contributed by atoms with van der Waals surface area (Å²) in [5.74, 6) is -1.03. The topological polar surface area (TPSA) is 78.8 Å². The molecule has 3 aromatic rings. The van der Waals surface area contributed by atoms with Gasteiger partial charge in [-0.1, -0.05) is 12.1 Å². The number of benzene rings is 3. The summed E-state index contributed by atoms with van der Waals surface area (Å²) < 4.78 is 1.33. The molecule has 3 aromatic carbocycles. The van der Waals surface area contributed by atoms with Crippen LogP contribution in [0.5, 0.6) is 0 Å². The summed E-state index contributed by atoms with van der Waals surface area (Å²) in [6, 6.07) is 25.0. The molecule has 1 aliphatic heterocycles. The fourth-order valence-corrected chi connectivity index (χ4v) is 4.50. The second-order valence-corrected chi connectivity index (χ2v) is 10.3. The van der Waals surface area contributed by atoms with Crippen LogP contribution in [-0.2, 0) is 9.59 Å². The molecule has 0 atom stereocenters. The van der Waals surface area contributed by atoms with Crippen molar-refractivity contribution in [2.24, 2.45) is 4.99 Å². The van der Waals surface area contributed by atoms with E-state index in [1.807, 2.05) is 30.3 Å². The van der Waals surface area contributed by atoms with Crippen molar-refractivity contribution in [2.45, 2.75) is 11.8 Å². The van der Waals surface area contributed by atoms with Gasteiger partial charge in [-0.3, -0.25) is 4.79 Å². The third-order valence-electron chi connectivity index (χ3n) is 4.56. The molecule has 33 heavy (non-hydrogen) atoms. The van der Waals surface area contributed by atoms with Crippen LogP contribution in [0.2, 0.25) is 0 Å². The number of anilines is 1. The van der Waals surface area contributed by atoms with Crippen LogP contribution in [0.1, 0.15) is 12.5 Å². The van der Waals surface area contributed by atoms with Crippen molar-refractivity contribution in [1.29, 1.82) is 0 Å². The standard InChI is InChI=1S/C23H17N2OS2.C2H4O2.Na/c1-27-20-13-11-18(12-14-20)17-9-7-16(8-10-17)15-21-22(26)25-23(28-21)24-19-5-3-2-4-6-19;1-2(3)4;/h3-15H,1H3,(H,24,25,26);1H3,(H,3,4);/b21-15+;;. The van der Waals surface area contributed by atoms with Gasteiger partial charge in [0.1, 0.15) is 0 Å². The third-order valence-corrected chi connectivity index (χ3v) is 6.86. The number of thioether (sulfide) groups is 2. The zero-order valence-electron chi connectivity index (χ0n) is 18.5. The molecule has 162 valence electrons. The zero-order valence-corrected chi connectivity index (χ0v) is 22.2. The number of rotatable bonds is 4. The first-order valence-corrected chi connectivity index (χ1v) is 13.2. The minimum absolute atomic E-state index is 0.200. The van der Waals surface area contributed by atoms with Crippen molar-refractivity contribution in [3.05, 3.63) is 83.3 Å². The zero-order chi connectivity index (χ0) is 23.8. The van der Waals surface area contributed by atoms with Crippen LogP contribution in [0.4, 0.5) is 5.69 Å². The van der Waals surface area contributed by atoms with E-state index in [-0.39, 0.29) is 5.91 Å². The van der Waals surface area contributed by atoms with E-state index in [9.17, 15) is 4.79 Å². The van der Waals surface area contributed by atoms with Gasteiger partial charge in [0.25, 0.3) is 5.97 Å². The SMILES string of the molecule is CC(=O)O.CSc1ccc(-c2ccc(/C=C3/SC(Nc4cc[c]([Na])cc4)=NC3=O)cc2)cc1. The average Bonchev–Trinajstić information content (AvgIpc) is 3.14. The molecule has 1 heterocycles. The number of carboxylic acid groups (broad SMARTS) is 1. The molecule has 0 saturated carbocycles. The molecule has 4 rings (SSSR count). The van der Waals surface area contributed by atoms with Gasteiger partial charge in [-0.25, -0.2) is 0 Å². The Morgan fingerprint density at radius 1 is 1.00 bits per heavy atom. The number of amidine groups is 1. The van der Waals surface area contributed by atoms with Gasteiger partial charge in [-0.2, -0.15) is 0 Å². The second-order valence-electron chi connectivity index (χ2n) is 7.19. The predicted molar refractivity (Wildman–Crippen MR) is 140 cm³/mol. The Labute approximate surface area is 219 Å². The number of aliphatic imine (C=N–C) groups is 1. The second kappa shape index (κ2) is 12.3. The molecule has 0 saturated heterocycles. The first-order chi connectivity index (χ1) is 15.8. The number of carbonyl (C=O) groups excluding carboxylic acids is 1. The van der Waals surface area contributed by atoms with Crippen LogP contribution >= 0.6 is 23.5 Å². The van der Waals surface area contributed by atoms with Gasteiger partial charge < -0.3 is 5.11 Å². The molecular formula is C25H21N2NaO3S2. The van der Waals surface area contributed by atoms with E-state index in [0.29, 0.717) is 10.1 Å². The molecule has 0 spiro atoms. The average molecular weight is 485 g/mol. The summed E-state index contributed by atoms with van der Waals surface area (Å²) in [6.45, 7) is 1.08. The van der Waals surface area contributed by atoms with E-state index in [4.69, 9.17) is 9.90 Å². The molecule has 2 N–H and O–H groups in total. The Morgan fingerprint density at radius 3 is 2.09 bits per heavy atom. The Bertz CT molecular complexity index is 1190. The van der Waals surface area contributed by atoms with E-state index < -0.39 is 5.97 Å². The van der Waals surface area contributed by atoms with Gasteiger partial charge in [0.2, 0.25) is 0 Å². The van der Waals surface area contributed by atoms with Gasteiger partial charge >= 0.3 is 139 Å². The molecular weight excluding hydrogens is 463 g/mol. The van der Waals surface area contributed by atoms with Crippen LogP contribution in [0.3, 0.4) is 0 Å². The number of carbonyl (C=O) groups is 2. The van der Waals surface area contributed by atoms with Crippen molar-refractivity contribution in [3.63, 3.8) is 0 Å².